The Labute approximate surface area is 169 Å². The second-order valence-electron chi connectivity index (χ2n) is 6.42. The number of unbranched alkanes of at least 4 members (excludes halogenated alkanes) is 1. The van der Waals surface area contributed by atoms with Crippen LogP contribution in [-0.2, 0) is 19.2 Å². The number of carbonyl (C=O) groups excluding carboxylic acids is 3. The zero-order chi connectivity index (χ0) is 21.9. The zero-order valence-corrected chi connectivity index (χ0v) is 16.9. The molecule has 3 amide bonds. The lowest BCUT2D eigenvalue weighted by Crippen LogP contribution is -2.58. The molecule has 0 saturated heterocycles. The third-order valence-electron chi connectivity index (χ3n) is 3.95. The SMILES string of the molecule is CC(NC(=O)C(CS)NC(=O)C(CCCCN)NC(=O)C(N)C(C)O)C(=O)O. The average Bonchev–Trinajstić information content (AvgIpc) is 2.63. The van der Waals surface area contributed by atoms with Gasteiger partial charge in [0.25, 0.3) is 0 Å². The Hall–Kier alpha value is -1.89. The van der Waals surface area contributed by atoms with E-state index in [0.29, 0.717) is 19.4 Å². The van der Waals surface area contributed by atoms with Crippen LogP contribution >= 0.6 is 12.6 Å². The number of aliphatic hydroxyl groups is 1. The Morgan fingerprint density at radius 3 is 1.96 bits per heavy atom. The molecule has 0 spiro atoms. The first-order chi connectivity index (χ1) is 13.0. The summed E-state index contributed by atoms with van der Waals surface area (Å²) in [5.41, 5.74) is 11.0. The van der Waals surface area contributed by atoms with Gasteiger partial charge in [-0.15, -0.1) is 0 Å². The Balaban J connectivity index is 5.09. The Kier molecular flexibility index (Phi) is 12.4. The molecule has 0 saturated carbocycles. The van der Waals surface area contributed by atoms with Crippen LogP contribution in [0.15, 0.2) is 0 Å². The monoisotopic (exact) mass is 421 g/mol. The van der Waals surface area contributed by atoms with E-state index >= 15 is 0 Å². The minimum Gasteiger partial charge on any atom is -0.480 e. The number of carbonyl (C=O) groups is 4. The molecule has 11 nitrogen and oxygen atoms in total. The van der Waals surface area contributed by atoms with Crippen LogP contribution in [0, 0.1) is 0 Å². The van der Waals surface area contributed by atoms with Gasteiger partial charge in [-0.1, -0.05) is 0 Å². The van der Waals surface area contributed by atoms with Crippen molar-refractivity contribution in [1.82, 2.24) is 16.0 Å². The number of rotatable bonds is 13. The number of aliphatic carboxylic acids is 1. The minimum absolute atomic E-state index is 0.0828. The van der Waals surface area contributed by atoms with Crippen LogP contribution in [0.4, 0.5) is 0 Å². The molecule has 0 aliphatic heterocycles. The number of carboxylic acids is 1. The number of aliphatic hydroxyl groups excluding tert-OH is 1. The highest BCUT2D eigenvalue weighted by molar-refractivity contribution is 7.80. The summed E-state index contributed by atoms with van der Waals surface area (Å²) >= 11 is 4.01. The zero-order valence-electron chi connectivity index (χ0n) is 16.1. The normalized spacial score (nSPS) is 16.2. The molecule has 12 heteroatoms. The van der Waals surface area contributed by atoms with E-state index in [2.05, 4.69) is 28.6 Å². The molecule has 0 fully saturated rings. The van der Waals surface area contributed by atoms with Gasteiger partial charge in [-0.05, 0) is 39.7 Å². The van der Waals surface area contributed by atoms with E-state index in [1.165, 1.54) is 13.8 Å². The molecule has 0 aliphatic rings. The van der Waals surface area contributed by atoms with Gasteiger partial charge >= 0.3 is 5.97 Å². The van der Waals surface area contributed by atoms with Crippen molar-refractivity contribution in [3.8, 4) is 0 Å². The quantitative estimate of drug-likeness (QED) is 0.116. The fourth-order valence-electron chi connectivity index (χ4n) is 2.09. The van der Waals surface area contributed by atoms with Gasteiger partial charge in [0.15, 0.2) is 0 Å². The van der Waals surface area contributed by atoms with E-state index < -0.39 is 54.0 Å². The van der Waals surface area contributed by atoms with Crippen molar-refractivity contribution in [3.05, 3.63) is 0 Å². The van der Waals surface area contributed by atoms with Gasteiger partial charge in [-0.3, -0.25) is 19.2 Å². The van der Waals surface area contributed by atoms with Crippen molar-refractivity contribution in [3.63, 3.8) is 0 Å². The molecule has 0 radical (unpaired) electrons. The molecule has 0 aromatic rings. The molecule has 5 unspecified atom stereocenters. The van der Waals surface area contributed by atoms with Gasteiger partial charge in [0, 0.05) is 5.75 Å². The van der Waals surface area contributed by atoms with E-state index in [1.54, 1.807) is 0 Å². The maximum atomic E-state index is 12.6. The van der Waals surface area contributed by atoms with E-state index in [1.807, 2.05) is 0 Å². The van der Waals surface area contributed by atoms with Gasteiger partial charge in [0.05, 0.1) is 6.10 Å². The maximum absolute atomic E-state index is 12.6. The molecule has 0 heterocycles. The highest BCUT2D eigenvalue weighted by Gasteiger charge is 2.29. The number of nitrogens with two attached hydrogens (primary N) is 2. The Bertz CT molecular complexity index is 548. The first kappa shape index (κ1) is 26.1. The van der Waals surface area contributed by atoms with Crippen LogP contribution in [-0.4, -0.2) is 76.5 Å². The third kappa shape index (κ3) is 9.35. The lowest BCUT2D eigenvalue weighted by atomic mass is 10.1. The van der Waals surface area contributed by atoms with Gasteiger partial charge < -0.3 is 37.6 Å². The molecule has 0 aromatic heterocycles. The minimum atomic E-state index is -1.23. The van der Waals surface area contributed by atoms with Crippen LogP contribution in [0.3, 0.4) is 0 Å². The van der Waals surface area contributed by atoms with Crippen molar-refractivity contribution in [1.29, 1.82) is 0 Å². The summed E-state index contributed by atoms with van der Waals surface area (Å²) in [6, 6.07) is -4.46. The third-order valence-corrected chi connectivity index (χ3v) is 4.31. The lowest BCUT2D eigenvalue weighted by molar-refractivity contribution is -0.141. The molecule has 162 valence electrons. The summed E-state index contributed by atoms with van der Waals surface area (Å²) in [6.07, 6.45) is 0.288. The second-order valence-corrected chi connectivity index (χ2v) is 6.79. The number of carboxylic acid groups (broad SMARTS) is 1. The number of hydrogen-bond acceptors (Lipinski definition) is 8. The Morgan fingerprint density at radius 2 is 1.50 bits per heavy atom. The van der Waals surface area contributed by atoms with Crippen LogP contribution in [0.5, 0.6) is 0 Å². The number of hydrogen-bond donors (Lipinski definition) is 8. The summed E-state index contributed by atoms with van der Waals surface area (Å²) in [4.78, 5) is 47.6. The van der Waals surface area contributed by atoms with E-state index in [9.17, 15) is 24.3 Å². The summed E-state index contributed by atoms with van der Waals surface area (Å²) in [6.45, 7) is 3.04. The average molecular weight is 422 g/mol. The predicted molar refractivity (Wildman–Crippen MR) is 106 cm³/mol. The predicted octanol–water partition coefficient (Wildman–Crippen LogP) is -2.69. The summed E-state index contributed by atoms with van der Waals surface area (Å²) < 4.78 is 0. The fraction of sp³-hybridized carbons (Fsp3) is 0.750. The van der Waals surface area contributed by atoms with Crippen molar-refractivity contribution in [2.75, 3.05) is 12.3 Å². The van der Waals surface area contributed by atoms with E-state index in [4.69, 9.17) is 16.6 Å². The molecular formula is C16H31N5O6S. The highest BCUT2D eigenvalue weighted by Crippen LogP contribution is 2.04. The molecule has 0 aromatic carbocycles. The summed E-state index contributed by atoms with van der Waals surface area (Å²) in [5.74, 6) is -3.39. The second kappa shape index (κ2) is 13.3. The van der Waals surface area contributed by atoms with Crippen LogP contribution in [0.2, 0.25) is 0 Å². The topological polar surface area (TPSA) is 197 Å². The standard InChI is InChI=1S/C16H31N5O6S/c1-8(16(26)27)19-14(24)11(7-28)21-13(23)10(5-3-4-6-17)20-15(25)12(18)9(2)22/h8-12,22,28H,3-7,17-18H2,1-2H3,(H,19,24)(H,20,25)(H,21,23)(H,26,27). The molecule has 9 N–H and O–H groups in total. The lowest BCUT2D eigenvalue weighted by Gasteiger charge is -2.24. The number of nitrogens with one attached hydrogen (secondary N) is 3. The maximum Gasteiger partial charge on any atom is 0.325 e. The van der Waals surface area contributed by atoms with Gasteiger partial charge in [-0.25, -0.2) is 0 Å². The van der Waals surface area contributed by atoms with Crippen molar-refractivity contribution in [2.24, 2.45) is 11.5 Å². The largest absolute Gasteiger partial charge is 0.480 e. The van der Waals surface area contributed by atoms with Crippen molar-refractivity contribution >= 4 is 36.3 Å². The van der Waals surface area contributed by atoms with Crippen molar-refractivity contribution in [2.45, 2.75) is 63.4 Å². The first-order valence-electron chi connectivity index (χ1n) is 8.93. The van der Waals surface area contributed by atoms with Gasteiger partial charge in [-0.2, -0.15) is 12.6 Å². The van der Waals surface area contributed by atoms with Gasteiger partial charge in [0.2, 0.25) is 17.7 Å². The molecule has 28 heavy (non-hydrogen) atoms. The fourth-order valence-corrected chi connectivity index (χ4v) is 2.35. The van der Waals surface area contributed by atoms with E-state index in [0.717, 1.165) is 0 Å². The molecule has 0 rings (SSSR count). The number of amides is 3. The summed E-state index contributed by atoms with van der Waals surface area (Å²) in [7, 11) is 0. The molecule has 0 bridgehead atoms. The molecular weight excluding hydrogens is 390 g/mol. The molecule has 5 atom stereocenters. The summed E-state index contributed by atoms with van der Waals surface area (Å²) in [5, 5.41) is 25.4. The molecule has 0 aliphatic carbocycles. The van der Waals surface area contributed by atoms with Crippen LogP contribution in [0.25, 0.3) is 0 Å². The van der Waals surface area contributed by atoms with Gasteiger partial charge in [0.1, 0.15) is 24.2 Å². The van der Waals surface area contributed by atoms with E-state index in [-0.39, 0.29) is 12.2 Å². The first-order valence-corrected chi connectivity index (χ1v) is 9.56. The van der Waals surface area contributed by atoms with Crippen LogP contribution < -0.4 is 27.4 Å². The van der Waals surface area contributed by atoms with Crippen molar-refractivity contribution < 1.29 is 29.4 Å². The van der Waals surface area contributed by atoms with Crippen LogP contribution in [0.1, 0.15) is 33.1 Å². The number of thiol groups is 1. The Morgan fingerprint density at radius 1 is 0.964 bits per heavy atom. The smallest absolute Gasteiger partial charge is 0.325 e. The highest BCUT2D eigenvalue weighted by atomic mass is 32.1.